The molecule has 21 heavy (non-hydrogen) atoms. The Bertz CT molecular complexity index is 673. The molecule has 1 aromatic rings. The van der Waals surface area contributed by atoms with Crippen LogP contribution in [0.25, 0.3) is 0 Å². The summed E-state index contributed by atoms with van der Waals surface area (Å²) < 4.78 is 40.5. The molecule has 9 heteroatoms. The van der Waals surface area contributed by atoms with Crippen molar-refractivity contribution >= 4 is 15.7 Å². The number of hydrogen-bond donors (Lipinski definition) is 2. The second kappa shape index (κ2) is 5.66. The summed E-state index contributed by atoms with van der Waals surface area (Å²) in [6.45, 7) is 1.35. The number of nitrogens with two attached hydrogens (primary N) is 1. The first-order valence-corrected chi connectivity index (χ1v) is 7.91. The van der Waals surface area contributed by atoms with Crippen LogP contribution in [-0.2, 0) is 10.0 Å². The Morgan fingerprint density at radius 2 is 2.14 bits per heavy atom. The van der Waals surface area contributed by atoms with Gasteiger partial charge in [0.25, 0.3) is 5.69 Å². The van der Waals surface area contributed by atoms with Gasteiger partial charge in [-0.3, -0.25) is 10.1 Å². The topological polar surface area (TPSA) is 115 Å². The quantitative estimate of drug-likeness (QED) is 0.601. The molecule has 1 aromatic carbocycles. The van der Waals surface area contributed by atoms with Crippen LogP contribution >= 0.6 is 0 Å². The maximum Gasteiger partial charge on any atom is 0.276 e. The Labute approximate surface area is 121 Å². The van der Waals surface area contributed by atoms with Gasteiger partial charge in [0, 0.05) is 18.7 Å². The van der Waals surface area contributed by atoms with Gasteiger partial charge in [-0.05, 0) is 31.7 Å². The van der Waals surface area contributed by atoms with Gasteiger partial charge < -0.3 is 5.73 Å². The third-order valence-electron chi connectivity index (χ3n) is 3.55. The van der Waals surface area contributed by atoms with E-state index in [1.54, 1.807) is 0 Å². The lowest BCUT2D eigenvalue weighted by molar-refractivity contribution is -0.385. The van der Waals surface area contributed by atoms with Crippen LogP contribution in [-0.4, -0.2) is 25.9 Å². The number of sulfonamides is 1. The highest BCUT2D eigenvalue weighted by Crippen LogP contribution is 2.33. The number of nitro groups is 1. The van der Waals surface area contributed by atoms with Gasteiger partial charge in [0.2, 0.25) is 10.0 Å². The standard InChI is InChI=1S/C12H16FN3O4S/c1-7-10(13)4-9(5-12(7)16(17)18)21(19,20)15-11(6-14)8-2-3-8/h4-5,8,11,15H,2-3,6,14H2,1H3. The average molecular weight is 317 g/mol. The Morgan fingerprint density at radius 1 is 1.52 bits per heavy atom. The molecule has 0 saturated heterocycles. The maximum absolute atomic E-state index is 13.7. The number of rotatable bonds is 6. The van der Waals surface area contributed by atoms with E-state index in [0.717, 1.165) is 25.0 Å². The molecule has 1 aliphatic rings. The average Bonchev–Trinajstić information content (AvgIpc) is 3.22. The molecule has 0 radical (unpaired) electrons. The SMILES string of the molecule is Cc1c(F)cc(S(=O)(=O)NC(CN)C2CC2)cc1[N+](=O)[O-]. The van der Waals surface area contributed by atoms with Crippen molar-refractivity contribution in [2.24, 2.45) is 11.7 Å². The van der Waals surface area contributed by atoms with Gasteiger partial charge in [-0.25, -0.2) is 17.5 Å². The Morgan fingerprint density at radius 3 is 2.62 bits per heavy atom. The van der Waals surface area contributed by atoms with Crippen molar-refractivity contribution in [3.63, 3.8) is 0 Å². The zero-order chi connectivity index (χ0) is 15.8. The van der Waals surface area contributed by atoms with E-state index in [-0.39, 0.29) is 18.0 Å². The minimum atomic E-state index is -4.05. The molecular weight excluding hydrogens is 301 g/mol. The zero-order valence-corrected chi connectivity index (χ0v) is 12.2. The fourth-order valence-corrected chi connectivity index (χ4v) is 3.44. The second-order valence-corrected chi connectivity index (χ2v) is 6.82. The van der Waals surface area contributed by atoms with Gasteiger partial charge in [0.15, 0.2) is 0 Å². The summed E-state index contributed by atoms with van der Waals surface area (Å²) in [5, 5.41) is 10.9. The Balaban J connectivity index is 2.37. The minimum absolute atomic E-state index is 0.125. The van der Waals surface area contributed by atoms with Crippen LogP contribution in [0.5, 0.6) is 0 Å². The fraction of sp³-hybridized carbons (Fsp3) is 0.500. The van der Waals surface area contributed by atoms with Gasteiger partial charge in [-0.15, -0.1) is 0 Å². The normalized spacial score (nSPS) is 16.7. The number of nitrogens with one attached hydrogen (secondary N) is 1. The fourth-order valence-electron chi connectivity index (χ4n) is 2.09. The molecule has 1 unspecified atom stereocenters. The summed E-state index contributed by atoms with van der Waals surface area (Å²) in [6, 6.07) is 1.21. The monoisotopic (exact) mass is 317 g/mol. The number of benzene rings is 1. The lowest BCUT2D eigenvalue weighted by Crippen LogP contribution is -2.41. The van der Waals surface area contributed by atoms with E-state index in [1.807, 2.05) is 0 Å². The van der Waals surface area contributed by atoms with E-state index < -0.39 is 37.4 Å². The van der Waals surface area contributed by atoms with E-state index in [1.165, 1.54) is 6.92 Å². The Hall–Kier alpha value is -1.58. The predicted octanol–water partition coefficient (Wildman–Crippen LogP) is 1.06. The van der Waals surface area contributed by atoms with Gasteiger partial charge in [-0.2, -0.15) is 0 Å². The van der Waals surface area contributed by atoms with Crippen molar-refractivity contribution in [3.05, 3.63) is 33.6 Å². The first-order valence-electron chi connectivity index (χ1n) is 6.43. The molecule has 1 saturated carbocycles. The molecule has 0 aromatic heterocycles. The zero-order valence-electron chi connectivity index (χ0n) is 11.4. The first-order chi connectivity index (χ1) is 9.76. The van der Waals surface area contributed by atoms with Crippen molar-refractivity contribution < 1.29 is 17.7 Å². The molecule has 1 fully saturated rings. The van der Waals surface area contributed by atoms with Crippen LogP contribution in [0, 0.1) is 28.8 Å². The summed E-state index contributed by atoms with van der Waals surface area (Å²) in [7, 11) is -4.05. The lowest BCUT2D eigenvalue weighted by Gasteiger charge is -2.16. The lowest BCUT2D eigenvalue weighted by atomic mass is 10.2. The van der Waals surface area contributed by atoms with Crippen molar-refractivity contribution in [1.29, 1.82) is 0 Å². The molecule has 0 heterocycles. The smallest absolute Gasteiger partial charge is 0.276 e. The molecule has 0 amide bonds. The summed E-state index contributed by atoms with van der Waals surface area (Å²) in [4.78, 5) is 9.58. The summed E-state index contributed by atoms with van der Waals surface area (Å²) in [5.74, 6) is -0.754. The molecule has 3 N–H and O–H groups in total. The van der Waals surface area contributed by atoms with Crippen molar-refractivity contribution in [3.8, 4) is 0 Å². The number of halogens is 1. The van der Waals surface area contributed by atoms with Crippen LogP contribution in [0.3, 0.4) is 0 Å². The van der Waals surface area contributed by atoms with E-state index in [4.69, 9.17) is 5.73 Å². The number of nitro benzene ring substituents is 1. The van der Waals surface area contributed by atoms with Gasteiger partial charge in [-0.1, -0.05) is 0 Å². The van der Waals surface area contributed by atoms with Crippen LogP contribution in [0.1, 0.15) is 18.4 Å². The highest BCUT2D eigenvalue weighted by atomic mass is 32.2. The summed E-state index contributed by atoms with van der Waals surface area (Å²) in [5.41, 5.74) is 4.76. The van der Waals surface area contributed by atoms with E-state index in [9.17, 15) is 22.9 Å². The van der Waals surface area contributed by atoms with Crippen LogP contribution < -0.4 is 10.5 Å². The molecule has 1 atom stereocenters. The minimum Gasteiger partial charge on any atom is -0.329 e. The molecule has 0 bridgehead atoms. The summed E-state index contributed by atoms with van der Waals surface area (Å²) >= 11 is 0. The third-order valence-corrected chi connectivity index (χ3v) is 5.02. The van der Waals surface area contributed by atoms with Gasteiger partial charge in [0.1, 0.15) is 5.82 Å². The van der Waals surface area contributed by atoms with Crippen LogP contribution in [0.4, 0.5) is 10.1 Å². The largest absolute Gasteiger partial charge is 0.329 e. The van der Waals surface area contributed by atoms with Crippen LogP contribution in [0.2, 0.25) is 0 Å². The van der Waals surface area contributed by atoms with Crippen LogP contribution in [0.15, 0.2) is 17.0 Å². The predicted molar refractivity (Wildman–Crippen MR) is 73.7 cm³/mol. The molecular formula is C12H16FN3O4S. The number of nitrogens with zero attached hydrogens (tertiary/aromatic N) is 1. The summed E-state index contributed by atoms with van der Waals surface area (Å²) in [6.07, 6.45) is 1.76. The number of hydrogen-bond acceptors (Lipinski definition) is 5. The molecule has 0 aliphatic heterocycles. The van der Waals surface area contributed by atoms with E-state index in [2.05, 4.69) is 4.72 Å². The molecule has 2 rings (SSSR count). The second-order valence-electron chi connectivity index (χ2n) is 5.11. The maximum atomic E-state index is 13.7. The highest BCUT2D eigenvalue weighted by Gasteiger charge is 2.34. The molecule has 1 aliphatic carbocycles. The third kappa shape index (κ3) is 3.36. The van der Waals surface area contributed by atoms with Crippen molar-refractivity contribution in [2.45, 2.75) is 30.7 Å². The molecule has 0 spiro atoms. The van der Waals surface area contributed by atoms with E-state index >= 15 is 0 Å². The molecule has 7 nitrogen and oxygen atoms in total. The van der Waals surface area contributed by atoms with Gasteiger partial charge >= 0.3 is 0 Å². The Kier molecular flexibility index (Phi) is 4.26. The van der Waals surface area contributed by atoms with Crippen molar-refractivity contribution in [1.82, 2.24) is 4.72 Å². The first kappa shape index (κ1) is 15.8. The molecule has 116 valence electrons. The van der Waals surface area contributed by atoms with E-state index in [0.29, 0.717) is 0 Å². The van der Waals surface area contributed by atoms with Crippen molar-refractivity contribution in [2.75, 3.05) is 6.54 Å². The highest BCUT2D eigenvalue weighted by molar-refractivity contribution is 7.89. The van der Waals surface area contributed by atoms with Gasteiger partial charge in [0.05, 0.1) is 15.4 Å².